The van der Waals surface area contributed by atoms with Gasteiger partial charge in [0.15, 0.2) is 5.82 Å². The third kappa shape index (κ3) is 6.76. The molecule has 9 rings (SSSR count). The van der Waals surface area contributed by atoms with Gasteiger partial charge >= 0.3 is 12.2 Å². The molecule has 4 fully saturated rings. The summed E-state index contributed by atoms with van der Waals surface area (Å²) in [6, 6.07) is 7.19. The molecule has 2 saturated carbocycles. The first-order valence-corrected chi connectivity index (χ1v) is 20.6. The first kappa shape index (κ1) is 38.6. The van der Waals surface area contributed by atoms with Crippen LogP contribution in [0.4, 0.5) is 14.0 Å². The van der Waals surface area contributed by atoms with Crippen molar-refractivity contribution < 1.29 is 33.4 Å². The fourth-order valence-electron chi connectivity index (χ4n) is 9.90. The number of piperidine rings is 2. The molecule has 8 atom stereocenters. The number of likely N-dealkylation sites (N-methyl/N-ethyl adjacent to an activating group) is 1. The number of likely N-dealkylation sites (tertiary alicyclic amines) is 2. The lowest BCUT2D eigenvalue weighted by Gasteiger charge is -2.35. The number of ether oxygens (including phenoxy) is 1. The fourth-order valence-corrected chi connectivity index (χ4v) is 9.90. The van der Waals surface area contributed by atoms with Crippen molar-refractivity contribution >= 4 is 35.0 Å². The van der Waals surface area contributed by atoms with E-state index in [0.29, 0.717) is 35.2 Å². The van der Waals surface area contributed by atoms with Gasteiger partial charge < -0.3 is 34.9 Å². The molecule has 15 heteroatoms. The molecule has 0 spiro atoms. The van der Waals surface area contributed by atoms with Gasteiger partial charge in [-0.3, -0.25) is 14.5 Å². The number of rotatable bonds is 8. The molecule has 2 aromatic carbocycles. The lowest BCUT2D eigenvalue weighted by Crippen LogP contribution is -2.52. The summed E-state index contributed by atoms with van der Waals surface area (Å²) < 4.78 is 20.4. The first-order valence-electron chi connectivity index (χ1n) is 20.6. The van der Waals surface area contributed by atoms with Crippen molar-refractivity contribution in [3.63, 3.8) is 0 Å². The van der Waals surface area contributed by atoms with Gasteiger partial charge in [-0.25, -0.2) is 23.9 Å². The number of nitrogens with one attached hydrogen (secondary N) is 3. The van der Waals surface area contributed by atoms with E-state index in [1.165, 1.54) is 20.2 Å². The average Bonchev–Trinajstić information content (AvgIpc) is 3.85. The number of aromatic amines is 2. The summed E-state index contributed by atoms with van der Waals surface area (Å²) >= 11 is 0. The molecule has 2 saturated heterocycles. The van der Waals surface area contributed by atoms with Crippen LogP contribution >= 0.6 is 0 Å². The highest BCUT2D eigenvalue weighted by atomic mass is 19.1. The number of methoxy groups -OCH3 is 1. The second-order valence-electron chi connectivity index (χ2n) is 17.6. The highest BCUT2D eigenvalue weighted by Gasteiger charge is 2.58. The van der Waals surface area contributed by atoms with Crippen molar-refractivity contribution in [1.82, 2.24) is 40.0 Å². The molecule has 14 nitrogen and oxygen atoms in total. The predicted molar refractivity (Wildman–Crippen MR) is 214 cm³/mol. The number of aryl methyl sites for hydroxylation is 2. The minimum atomic E-state index is -1.16. The van der Waals surface area contributed by atoms with Gasteiger partial charge in [0.2, 0.25) is 11.8 Å². The van der Waals surface area contributed by atoms with Crippen molar-refractivity contribution in [3.05, 3.63) is 70.2 Å². The zero-order valence-electron chi connectivity index (χ0n) is 34.0. The molecule has 5 aliphatic rings. The standard InChI is InChI=1S/C44H49FN8O6/c1-20(2)35(50-43(56)59-6)41(54)52-31-16-25(31)18-33(52)39-46-29-12-10-24-13-22(9-11-27(24)36(29)48-39)7-8-23-14-28(45)37-30(15-23)47-40(49-37)34-19-26-17-32(26)53(34)42(55)38(21(3)4)51(5)44(57)58/h9,11,13-15,20-21,25-26,31-35,38H,10,12,16-19H2,1-6H3,(H,46,48)(H,47,49)(H,50,56)(H,57,58)/t25-,26-,31-,32-,33+,34+,35+,38+/m1/s1. The molecule has 59 heavy (non-hydrogen) atoms. The third-order valence-corrected chi connectivity index (χ3v) is 13.1. The molecule has 0 unspecified atom stereocenters. The number of hydrogen-bond acceptors (Lipinski definition) is 7. The fraction of sp³-hybridized carbons (Fsp3) is 0.500. The van der Waals surface area contributed by atoms with E-state index >= 15 is 4.39 Å². The molecule has 0 bridgehead atoms. The van der Waals surface area contributed by atoms with Gasteiger partial charge in [0.05, 0.1) is 36.1 Å². The lowest BCUT2D eigenvalue weighted by atomic mass is 9.91. The summed E-state index contributed by atoms with van der Waals surface area (Å²) in [5.41, 5.74) is 5.97. The van der Waals surface area contributed by atoms with Crippen molar-refractivity contribution in [2.75, 3.05) is 14.2 Å². The van der Waals surface area contributed by atoms with Gasteiger partial charge in [0.1, 0.15) is 29.2 Å². The molecule has 2 aliphatic heterocycles. The highest BCUT2D eigenvalue weighted by Crippen LogP contribution is 2.55. The van der Waals surface area contributed by atoms with Crippen LogP contribution in [0.15, 0.2) is 30.3 Å². The Morgan fingerprint density at radius 2 is 1.54 bits per heavy atom. The maximum absolute atomic E-state index is 15.6. The Hall–Kier alpha value is -5.91. The maximum atomic E-state index is 15.6. The quantitative estimate of drug-likeness (QED) is 0.159. The van der Waals surface area contributed by atoms with Crippen LogP contribution in [0, 0.1) is 41.3 Å². The summed E-state index contributed by atoms with van der Waals surface area (Å²) in [5, 5.41) is 12.4. The van der Waals surface area contributed by atoms with Crippen molar-refractivity contribution in [2.45, 2.75) is 102 Å². The molecule has 3 aliphatic carbocycles. The van der Waals surface area contributed by atoms with Crippen LogP contribution in [-0.2, 0) is 27.2 Å². The summed E-state index contributed by atoms with van der Waals surface area (Å²) in [5.74, 6) is 7.09. The topological polar surface area (TPSA) is 177 Å². The molecule has 4 amide bonds. The van der Waals surface area contributed by atoms with E-state index in [2.05, 4.69) is 38.2 Å². The number of alkyl carbamates (subject to hydrolysis) is 1. The normalized spacial score (nSPS) is 24.4. The van der Waals surface area contributed by atoms with Crippen LogP contribution in [0.1, 0.15) is 99.5 Å². The zero-order valence-corrected chi connectivity index (χ0v) is 34.0. The Bertz CT molecular complexity index is 2460. The Kier molecular flexibility index (Phi) is 9.44. The summed E-state index contributed by atoms with van der Waals surface area (Å²) in [6.07, 6.45) is 3.03. The van der Waals surface area contributed by atoms with Crippen LogP contribution < -0.4 is 5.32 Å². The number of aromatic nitrogens is 4. The molecule has 2 aromatic heterocycles. The second kappa shape index (κ2) is 14.4. The number of carbonyl (C=O) groups excluding carboxylic acids is 3. The Labute approximate surface area is 341 Å². The minimum absolute atomic E-state index is 0.0219. The number of fused-ring (bicyclic) bond motifs is 6. The Morgan fingerprint density at radius 3 is 2.19 bits per heavy atom. The lowest BCUT2D eigenvalue weighted by molar-refractivity contribution is -0.140. The SMILES string of the molecule is COC(=O)N[C@H](C(=O)N1[C@@H]2C[C@@H]2C[C@H]1c1nc2c([nH]1)-c1ccc(C#Cc3cc(F)c4nc([C@@H]5C[C@H]6C[C@H]6N5C(=O)[C@H](C(C)C)N(C)C(=O)O)[nH]c4c3)cc1CC2)C(C)C. The van der Waals surface area contributed by atoms with E-state index in [4.69, 9.17) is 9.72 Å². The highest BCUT2D eigenvalue weighted by molar-refractivity contribution is 5.88. The molecular formula is C44H49FN8O6. The van der Waals surface area contributed by atoms with Gasteiger partial charge in [0.25, 0.3) is 0 Å². The van der Waals surface area contributed by atoms with E-state index in [1.807, 2.05) is 44.7 Å². The van der Waals surface area contributed by atoms with Crippen LogP contribution in [0.25, 0.3) is 22.3 Å². The number of nitrogens with zero attached hydrogens (tertiary/aromatic N) is 5. The first-order chi connectivity index (χ1) is 28.2. The number of imidazole rings is 2. The molecule has 0 radical (unpaired) electrons. The van der Waals surface area contributed by atoms with Crippen molar-refractivity contribution in [2.24, 2.45) is 23.7 Å². The monoisotopic (exact) mass is 804 g/mol. The number of hydrogen-bond donors (Lipinski definition) is 4. The van der Waals surface area contributed by atoms with E-state index in [9.17, 15) is 24.3 Å². The van der Waals surface area contributed by atoms with Crippen LogP contribution in [-0.4, -0.2) is 102 Å². The molecule has 308 valence electrons. The van der Waals surface area contributed by atoms with Gasteiger partial charge in [0, 0.05) is 35.8 Å². The van der Waals surface area contributed by atoms with Crippen molar-refractivity contribution in [1.29, 1.82) is 0 Å². The number of halogens is 1. The van der Waals surface area contributed by atoms with E-state index in [-0.39, 0.29) is 47.3 Å². The van der Waals surface area contributed by atoms with Crippen molar-refractivity contribution in [3.8, 4) is 23.1 Å². The number of amides is 4. The summed E-state index contributed by atoms with van der Waals surface area (Å²) in [6.45, 7) is 7.49. The van der Waals surface area contributed by atoms with Crippen LogP contribution in [0.5, 0.6) is 0 Å². The number of carboxylic acid groups (broad SMARTS) is 1. The molecule has 4 N–H and O–H groups in total. The molecule has 4 heterocycles. The van der Waals surface area contributed by atoms with Gasteiger partial charge in [-0.1, -0.05) is 45.6 Å². The van der Waals surface area contributed by atoms with Gasteiger partial charge in [-0.2, -0.15) is 0 Å². The second-order valence-corrected chi connectivity index (χ2v) is 17.6. The largest absolute Gasteiger partial charge is 0.465 e. The third-order valence-electron chi connectivity index (χ3n) is 13.1. The smallest absolute Gasteiger partial charge is 0.407 e. The minimum Gasteiger partial charge on any atom is -0.465 e. The number of benzene rings is 2. The number of H-pyrrole nitrogens is 2. The van der Waals surface area contributed by atoms with Gasteiger partial charge in [-0.15, -0.1) is 0 Å². The zero-order chi connectivity index (χ0) is 41.6. The van der Waals surface area contributed by atoms with E-state index in [0.717, 1.165) is 70.9 Å². The average molecular weight is 805 g/mol. The molecule has 4 aromatic rings. The summed E-state index contributed by atoms with van der Waals surface area (Å²) in [7, 11) is 2.71. The van der Waals surface area contributed by atoms with Gasteiger partial charge in [-0.05, 0) is 92.0 Å². The molecular weight excluding hydrogens is 756 g/mol. The van der Waals surface area contributed by atoms with E-state index in [1.54, 1.807) is 11.0 Å². The number of carbonyl (C=O) groups is 4. The van der Waals surface area contributed by atoms with E-state index < -0.39 is 36.1 Å². The van der Waals surface area contributed by atoms with Crippen LogP contribution in [0.3, 0.4) is 0 Å². The predicted octanol–water partition coefficient (Wildman–Crippen LogP) is 5.93. The Morgan fingerprint density at radius 1 is 0.881 bits per heavy atom. The Balaban J connectivity index is 0.934. The van der Waals surface area contributed by atoms with Crippen LogP contribution in [0.2, 0.25) is 0 Å². The summed E-state index contributed by atoms with van der Waals surface area (Å²) in [4.78, 5) is 73.0. The maximum Gasteiger partial charge on any atom is 0.407 e.